The van der Waals surface area contributed by atoms with Gasteiger partial charge in [0, 0.05) is 30.9 Å². The van der Waals surface area contributed by atoms with Crippen molar-refractivity contribution < 1.29 is 22.3 Å². The van der Waals surface area contributed by atoms with Crippen molar-refractivity contribution in [3.05, 3.63) is 18.0 Å². The van der Waals surface area contributed by atoms with Gasteiger partial charge in [-0.05, 0) is 38.7 Å². The van der Waals surface area contributed by atoms with Crippen molar-refractivity contribution in [2.24, 2.45) is 5.92 Å². The number of halogens is 1. The summed E-state index contributed by atoms with van der Waals surface area (Å²) in [7, 11) is -3.35. The second-order valence-electron chi connectivity index (χ2n) is 7.64. The Labute approximate surface area is 151 Å². The van der Waals surface area contributed by atoms with Gasteiger partial charge in [0.05, 0.1) is 12.4 Å². The number of amides is 1. The highest BCUT2D eigenvalue weighted by Crippen LogP contribution is 2.47. The van der Waals surface area contributed by atoms with Gasteiger partial charge in [0.1, 0.15) is 4.75 Å². The number of likely N-dealkylation sites (tertiary alicyclic amines) is 1. The molecule has 1 aromatic rings. The first-order valence-corrected chi connectivity index (χ1v) is 10.5. The predicted octanol–water partition coefficient (Wildman–Crippen LogP) is 1.07. The van der Waals surface area contributed by atoms with Gasteiger partial charge in [0.2, 0.25) is 0 Å². The lowest BCUT2D eigenvalue weighted by atomic mass is 9.77. The van der Waals surface area contributed by atoms with Crippen LogP contribution < -0.4 is 4.74 Å². The van der Waals surface area contributed by atoms with Gasteiger partial charge < -0.3 is 9.64 Å². The van der Waals surface area contributed by atoms with Crippen LogP contribution in [0.1, 0.15) is 31.4 Å². The maximum atomic E-state index is 14.4. The number of ether oxygens (including phenoxy) is 1. The number of carbonyl (C=O) groups excluding carboxylic acids is 1. The Bertz CT molecular complexity index is 834. The molecule has 1 spiro atoms. The van der Waals surface area contributed by atoms with Crippen LogP contribution in [0.3, 0.4) is 0 Å². The van der Waals surface area contributed by atoms with Gasteiger partial charge in [-0.25, -0.2) is 22.8 Å². The molecule has 1 aliphatic carbocycles. The smallest absolute Gasteiger partial charge is 0.316 e. The van der Waals surface area contributed by atoms with E-state index in [1.807, 2.05) is 6.92 Å². The third kappa shape index (κ3) is 2.59. The number of nitrogens with zero attached hydrogens (tertiary/aromatic N) is 3. The Hall–Kier alpha value is -1.77. The van der Waals surface area contributed by atoms with Crippen LogP contribution in [0.5, 0.6) is 6.01 Å². The van der Waals surface area contributed by atoms with E-state index in [1.165, 1.54) is 4.90 Å². The Morgan fingerprint density at radius 2 is 2.15 bits per heavy atom. The summed E-state index contributed by atoms with van der Waals surface area (Å²) in [6.45, 7) is 2.11. The second kappa shape index (κ2) is 5.87. The standard InChI is InChI=1S/C17H22FN3O4S/c1-12-3-7-19-15(20-12)25-9-13-4-8-26(23,24)17(13)10-21(11-17)14(22)16(18)5-2-6-16/h3,7,13H,2,4-6,8-11H2,1H3. The Balaban J connectivity index is 1.46. The van der Waals surface area contributed by atoms with E-state index in [1.54, 1.807) is 12.3 Å². The van der Waals surface area contributed by atoms with Crippen LogP contribution in [-0.4, -0.2) is 65.1 Å². The largest absolute Gasteiger partial charge is 0.463 e. The fraction of sp³-hybridized carbons (Fsp3) is 0.706. The molecule has 1 aromatic heterocycles. The molecule has 26 heavy (non-hydrogen) atoms. The predicted molar refractivity (Wildman–Crippen MR) is 91.2 cm³/mol. The van der Waals surface area contributed by atoms with Crippen LogP contribution >= 0.6 is 0 Å². The third-order valence-electron chi connectivity index (χ3n) is 6.02. The fourth-order valence-electron chi connectivity index (χ4n) is 4.11. The van der Waals surface area contributed by atoms with E-state index in [4.69, 9.17) is 4.74 Å². The van der Waals surface area contributed by atoms with Crippen LogP contribution in [0.15, 0.2) is 12.3 Å². The van der Waals surface area contributed by atoms with Crippen molar-refractivity contribution in [1.82, 2.24) is 14.9 Å². The molecule has 1 saturated carbocycles. The first-order chi connectivity index (χ1) is 12.3. The minimum absolute atomic E-state index is 0.0581. The molecule has 3 heterocycles. The van der Waals surface area contributed by atoms with Gasteiger partial charge >= 0.3 is 6.01 Å². The molecule has 0 radical (unpaired) electrons. The number of carbonyl (C=O) groups is 1. The molecule has 0 bridgehead atoms. The number of rotatable bonds is 4. The summed E-state index contributed by atoms with van der Waals surface area (Å²) in [5.41, 5.74) is -1.02. The maximum Gasteiger partial charge on any atom is 0.316 e. The summed E-state index contributed by atoms with van der Waals surface area (Å²) in [4.78, 5) is 21.9. The van der Waals surface area contributed by atoms with E-state index in [0.717, 1.165) is 5.69 Å². The number of aromatic nitrogens is 2. The van der Waals surface area contributed by atoms with E-state index in [0.29, 0.717) is 12.8 Å². The minimum Gasteiger partial charge on any atom is -0.463 e. The molecular formula is C17H22FN3O4S. The van der Waals surface area contributed by atoms with Gasteiger partial charge in [-0.2, -0.15) is 0 Å². The molecule has 0 aromatic carbocycles. The van der Waals surface area contributed by atoms with Crippen molar-refractivity contribution >= 4 is 15.7 Å². The summed E-state index contributed by atoms with van der Waals surface area (Å²) in [6.07, 6.45) is 3.23. The van der Waals surface area contributed by atoms with Crippen molar-refractivity contribution in [1.29, 1.82) is 0 Å². The zero-order valence-corrected chi connectivity index (χ0v) is 15.5. The molecule has 2 saturated heterocycles. The molecule has 3 aliphatic rings. The van der Waals surface area contributed by atoms with Gasteiger partial charge in [-0.3, -0.25) is 4.79 Å². The Morgan fingerprint density at radius 3 is 2.77 bits per heavy atom. The summed E-state index contributed by atoms with van der Waals surface area (Å²) >= 11 is 0. The summed E-state index contributed by atoms with van der Waals surface area (Å²) in [5, 5.41) is 0. The van der Waals surface area contributed by atoms with Crippen molar-refractivity contribution in [2.45, 2.75) is 43.0 Å². The van der Waals surface area contributed by atoms with Gasteiger partial charge in [0.15, 0.2) is 15.5 Å². The summed E-state index contributed by atoms with van der Waals surface area (Å²) in [6, 6.07) is 1.96. The second-order valence-corrected chi connectivity index (χ2v) is 10.1. The normalized spacial score (nSPS) is 27.6. The topological polar surface area (TPSA) is 89.5 Å². The van der Waals surface area contributed by atoms with Crippen molar-refractivity contribution in [2.75, 3.05) is 25.4 Å². The van der Waals surface area contributed by atoms with Crippen molar-refractivity contribution in [3.8, 4) is 6.01 Å². The average molecular weight is 383 g/mol. The number of hydrogen-bond donors (Lipinski definition) is 0. The summed E-state index contributed by atoms with van der Waals surface area (Å²) in [5.74, 6) is -0.742. The van der Waals surface area contributed by atoms with Gasteiger partial charge in [-0.15, -0.1) is 0 Å². The van der Waals surface area contributed by atoms with Crippen LogP contribution in [0.2, 0.25) is 0 Å². The van der Waals surface area contributed by atoms with Crippen LogP contribution in [0.25, 0.3) is 0 Å². The first kappa shape index (κ1) is 17.6. The SMILES string of the molecule is Cc1ccnc(OCC2CCS(=O)(=O)C23CN(C(=O)C2(F)CCC2)C3)n1. The first-order valence-electron chi connectivity index (χ1n) is 8.89. The highest BCUT2D eigenvalue weighted by Gasteiger charge is 2.64. The van der Waals surface area contributed by atoms with E-state index in [-0.39, 0.29) is 50.2 Å². The zero-order chi connectivity index (χ0) is 18.6. The lowest BCUT2D eigenvalue weighted by Crippen LogP contribution is -2.71. The number of sulfone groups is 1. The van der Waals surface area contributed by atoms with Crippen LogP contribution in [-0.2, 0) is 14.6 Å². The molecule has 9 heteroatoms. The quantitative estimate of drug-likeness (QED) is 0.773. The molecule has 0 N–H and O–H groups in total. The Kier molecular flexibility index (Phi) is 3.98. The van der Waals surface area contributed by atoms with Crippen LogP contribution in [0.4, 0.5) is 4.39 Å². The number of hydrogen-bond acceptors (Lipinski definition) is 6. The molecule has 1 atom stereocenters. The fourth-order valence-corrected chi connectivity index (χ4v) is 6.51. The van der Waals surface area contributed by atoms with E-state index in [9.17, 15) is 17.6 Å². The molecule has 3 fully saturated rings. The number of alkyl halides is 1. The molecule has 142 valence electrons. The lowest BCUT2D eigenvalue weighted by Gasteiger charge is -2.52. The minimum atomic E-state index is -3.35. The number of aryl methyl sites for hydroxylation is 1. The average Bonchev–Trinajstić information content (AvgIpc) is 2.79. The lowest BCUT2D eigenvalue weighted by molar-refractivity contribution is -0.156. The van der Waals surface area contributed by atoms with Crippen molar-refractivity contribution in [3.63, 3.8) is 0 Å². The maximum absolute atomic E-state index is 14.4. The van der Waals surface area contributed by atoms with Gasteiger partial charge in [0.25, 0.3) is 5.91 Å². The molecule has 7 nitrogen and oxygen atoms in total. The summed E-state index contributed by atoms with van der Waals surface area (Å²) < 4.78 is 44.2. The monoisotopic (exact) mass is 383 g/mol. The molecule has 1 unspecified atom stereocenters. The molecule has 2 aliphatic heterocycles. The molecular weight excluding hydrogens is 361 g/mol. The van der Waals surface area contributed by atoms with E-state index < -0.39 is 26.2 Å². The molecule has 4 rings (SSSR count). The van der Waals surface area contributed by atoms with E-state index in [2.05, 4.69) is 9.97 Å². The van der Waals surface area contributed by atoms with Crippen LogP contribution in [0, 0.1) is 12.8 Å². The highest BCUT2D eigenvalue weighted by atomic mass is 32.2. The van der Waals surface area contributed by atoms with E-state index >= 15 is 0 Å². The third-order valence-corrected chi connectivity index (χ3v) is 8.62. The Morgan fingerprint density at radius 1 is 1.42 bits per heavy atom. The molecule has 1 amide bonds. The zero-order valence-electron chi connectivity index (χ0n) is 14.6. The highest BCUT2D eigenvalue weighted by molar-refractivity contribution is 7.93. The van der Waals surface area contributed by atoms with Gasteiger partial charge in [-0.1, -0.05) is 0 Å².